The van der Waals surface area contributed by atoms with Crippen LogP contribution in [0.15, 0.2) is 0 Å². The molecular formula is C8H19NOS. The largest absolute Gasteiger partial charge is 0.395 e. The Balaban J connectivity index is 2.69. The molecule has 0 aromatic heterocycles. The van der Waals surface area contributed by atoms with Crippen LogP contribution in [0.2, 0.25) is 0 Å². The number of rotatable bonds is 8. The molecule has 0 aliphatic heterocycles. The molecule has 0 heterocycles. The minimum atomic E-state index is 0.250. The van der Waals surface area contributed by atoms with Gasteiger partial charge in [0.25, 0.3) is 0 Å². The predicted molar refractivity (Wildman–Crippen MR) is 52.2 cm³/mol. The third-order valence-electron chi connectivity index (χ3n) is 1.35. The molecule has 11 heavy (non-hydrogen) atoms. The van der Waals surface area contributed by atoms with Crippen molar-refractivity contribution in [1.82, 2.24) is 5.32 Å². The third-order valence-corrected chi connectivity index (χ3v) is 2.42. The van der Waals surface area contributed by atoms with Gasteiger partial charge < -0.3 is 10.4 Å². The molecule has 2 nitrogen and oxygen atoms in total. The fourth-order valence-corrected chi connectivity index (χ4v) is 1.68. The van der Waals surface area contributed by atoms with Gasteiger partial charge in [-0.15, -0.1) is 0 Å². The summed E-state index contributed by atoms with van der Waals surface area (Å²) < 4.78 is 0. The van der Waals surface area contributed by atoms with Crippen LogP contribution in [0.4, 0.5) is 0 Å². The van der Waals surface area contributed by atoms with Gasteiger partial charge in [0.2, 0.25) is 0 Å². The first-order valence-electron chi connectivity index (χ1n) is 4.31. The Bertz CT molecular complexity index is 63.1. The van der Waals surface area contributed by atoms with Crippen molar-refractivity contribution < 1.29 is 5.11 Å². The molecule has 2 N–H and O–H groups in total. The van der Waals surface area contributed by atoms with Crippen LogP contribution in [0.5, 0.6) is 0 Å². The molecule has 0 saturated heterocycles. The molecule has 0 atom stereocenters. The second-order valence-corrected chi connectivity index (χ2v) is 3.66. The van der Waals surface area contributed by atoms with Crippen LogP contribution in [0, 0.1) is 0 Å². The molecule has 3 heteroatoms. The van der Waals surface area contributed by atoms with Gasteiger partial charge in [-0.1, -0.05) is 13.3 Å². The lowest BCUT2D eigenvalue weighted by Gasteiger charge is -2.01. The zero-order valence-corrected chi connectivity index (χ0v) is 8.12. The van der Waals surface area contributed by atoms with Crippen LogP contribution in [-0.4, -0.2) is 36.3 Å². The Labute approximate surface area is 73.8 Å². The average molecular weight is 177 g/mol. The standard InChI is InChI=1S/C8H19NOS/c1-2-3-7-11-8-5-9-4-6-10/h9-10H,2-8H2,1H3. The van der Waals surface area contributed by atoms with Gasteiger partial charge in [-0.3, -0.25) is 0 Å². The van der Waals surface area contributed by atoms with Gasteiger partial charge in [0.15, 0.2) is 0 Å². The first-order valence-corrected chi connectivity index (χ1v) is 5.46. The smallest absolute Gasteiger partial charge is 0.0555 e. The summed E-state index contributed by atoms with van der Waals surface area (Å²) in [5, 5.41) is 11.6. The lowest BCUT2D eigenvalue weighted by Crippen LogP contribution is -2.20. The summed E-state index contributed by atoms with van der Waals surface area (Å²) in [5.74, 6) is 2.44. The Morgan fingerprint density at radius 2 is 2.09 bits per heavy atom. The van der Waals surface area contributed by atoms with Gasteiger partial charge in [0, 0.05) is 18.8 Å². The number of hydrogen-bond donors (Lipinski definition) is 2. The first kappa shape index (κ1) is 11.3. The van der Waals surface area contributed by atoms with Crippen molar-refractivity contribution in [3.8, 4) is 0 Å². The van der Waals surface area contributed by atoms with Crippen molar-refractivity contribution in [3.05, 3.63) is 0 Å². The van der Waals surface area contributed by atoms with E-state index < -0.39 is 0 Å². The molecule has 0 amide bonds. The topological polar surface area (TPSA) is 32.3 Å². The Kier molecular flexibility index (Phi) is 10.5. The Morgan fingerprint density at radius 3 is 2.73 bits per heavy atom. The molecular weight excluding hydrogens is 158 g/mol. The monoisotopic (exact) mass is 177 g/mol. The molecule has 0 aliphatic rings. The molecule has 0 saturated carbocycles. The van der Waals surface area contributed by atoms with E-state index in [1.807, 2.05) is 11.8 Å². The van der Waals surface area contributed by atoms with Crippen LogP contribution in [0.3, 0.4) is 0 Å². The highest BCUT2D eigenvalue weighted by Gasteiger charge is 1.87. The molecule has 0 bridgehead atoms. The maximum Gasteiger partial charge on any atom is 0.0555 e. The van der Waals surface area contributed by atoms with Gasteiger partial charge in [0.05, 0.1) is 6.61 Å². The van der Waals surface area contributed by atoms with Gasteiger partial charge in [-0.2, -0.15) is 11.8 Å². The third kappa shape index (κ3) is 10.3. The van der Waals surface area contributed by atoms with Crippen molar-refractivity contribution in [1.29, 1.82) is 0 Å². The van der Waals surface area contributed by atoms with Crippen molar-refractivity contribution in [2.75, 3.05) is 31.2 Å². The number of unbranched alkanes of at least 4 members (excludes halogenated alkanes) is 1. The van der Waals surface area contributed by atoms with Crippen LogP contribution in [0.1, 0.15) is 19.8 Å². The number of aliphatic hydroxyl groups is 1. The number of nitrogens with one attached hydrogen (secondary N) is 1. The molecule has 0 aromatic carbocycles. The molecule has 0 spiro atoms. The van der Waals surface area contributed by atoms with E-state index in [0.717, 1.165) is 13.1 Å². The zero-order valence-electron chi connectivity index (χ0n) is 7.31. The lowest BCUT2D eigenvalue weighted by molar-refractivity contribution is 0.294. The van der Waals surface area contributed by atoms with E-state index in [4.69, 9.17) is 5.11 Å². The van der Waals surface area contributed by atoms with E-state index in [9.17, 15) is 0 Å². The molecule has 0 radical (unpaired) electrons. The van der Waals surface area contributed by atoms with Crippen molar-refractivity contribution in [2.45, 2.75) is 19.8 Å². The summed E-state index contributed by atoms with van der Waals surface area (Å²) in [4.78, 5) is 0. The van der Waals surface area contributed by atoms with E-state index in [2.05, 4.69) is 12.2 Å². The van der Waals surface area contributed by atoms with Gasteiger partial charge in [-0.25, -0.2) is 0 Å². The molecule has 0 aliphatic carbocycles. The Hall–Kier alpha value is 0.270. The fraction of sp³-hybridized carbons (Fsp3) is 1.00. The van der Waals surface area contributed by atoms with Crippen LogP contribution in [-0.2, 0) is 0 Å². The summed E-state index contributed by atoms with van der Waals surface area (Å²) in [7, 11) is 0. The highest BCUT2D eigenvalue weighted by Crippen LogP contribution is 2.02. The van der Waals surface area contributed by atoms with Crippen molar-refractivity contribution >= 4 is 11.8 Å². The van der Waals surface area contributed by atoms with E-state index in [0.29, 0.717) is 0 Å². The van der Waals surface area contributed by atoms with Crippen molar-refractivity contribution in [2.24, 2.45) is 0 Å². The maximum absolute atomic E-state index is 8.44. The summed E-state index contributed by atoms with van der Waals surface area (Å²) in [6, 6.07) is 0. The number of thioether (sulfide) groups is 1. The van der Waals surface area contributed by atoms with Gasteiger partial charge in [-0.05, 0) is 12.2 Å². The fourth-order valence-electron chi connectivity index (χ4n) is 0.697. The minimum absolute atomic E-state index is 0.250. The normalized spacial score (nSPS) is 10.4. The zero-order chi connectivity index (χ0) is 8.36. The maximum atomic E-state index is 8.44. The Morgan fingerprint density at radius 1 is 1.27 bits per heavy atom. The lowest BCUT2D eigenvalue weighted by atomic mass is 10.4. The minimum Gasteiger partial charge on any atom is -0.395 e. The molecule has 0 unspecified atom stereocenters. The van der Waals surface area contributed by atoms with Crippen LogP contribution >= 0.6 is 11.8 Å². The molecule has 0 rings (SSSR count). The van der Waals surface area contributed by atoms with Crippen molar-refractivity contribution in [3.63, 3.8) is 0 Å². The summed E-state index contributed by atoms with van der Waals surface area (Å²) >= 11 is 1.98. The average Bonchev–Trinajstić information content (AvgIpc) is 2.03. The van der Waals surface area contributed by atoms with E-state index in [1.165, 1.54) is 24.3 Å². The van der Waals surface area contributed by atoms with Crippen LogP contribution < -0.4 is 5.32 Å². The van der Waals surface area contributed by atoms with E-state index in [1.54, 1.807) is 0 Å². The molecule has 0 fully saturated rings. The number of hydrogen-bond acceptors (Lipinski definition) is 3. The molecule has 68 valence electrons. The van der Waals surface area contributed by atoms with Gasteiger partial charge >= 0.3 is 0 Å². The predicted octanol–water partition coefficient (Wildman–Crippen LogP) is 1.10. The second kappa shape index (κ2) is 10.3. The SMILES string of the molecule is CCCCSCCNCCO. The molecule has 0 aromatic rings. The summed E-state index contributed by atoms with van der Waals surface area (Å²) in [5.41, 5.74) is 0. The summed E-state index contributed by atoms with van der Waals surface area (Å²) in [6.45, 7) is 4.22. The van der Waals surface area contributed by atoms with E-state index in [-0.39, 0.29) is 6.61 Å². The number of aliphatic hydroxyl groups excluding tert-OH is 1. The second-order valence-electron chi connectivity index (χ2n) is 2.44. The highest BCUT2D eigenvalue weighted by atomic mass is 32.2. The highest BCUT2D eigenvalue weighted by molar-refractivity contribution is 7.99. The van der Waals surface area contributed by atoms with Gasteiger partial charge in [0.1, 0.15) is 0 Å². The van der Waals surface area contributed by atoms with E-state index >= 15 is 0 Å². The first-order chi connectivity index (χ1) is 5.41. The quantitative estimate of drug-likeness (QED) is 0.545. The summed E-state index contributed by atoms with van der Waals surface area (Å²) in [6.07, 6.45) is 2.61. The van der Waals surface area contributed by atoms with Crippen LogP contribution in [0.25, 0.3) is 0 Å².